The molecule has 0 aromatic carbocycles. The van der Waals surface area contributed by atoms with Crippen LogP contribution in [0.1, 0.15) is 42.5 Å². The summed E-state index contributed by atoms with van der Waals surface area (Å²) in [5.41, 5.74) is 11.0. The lowest BCUT2D eigenvalue weighted by molar-refractivity contribution is 0.510. The van der Waals surface area contributed by atoms with E-state index in [0.717, 1.165) is 22.9 Å². The van der Waals surface area contributed by atoms with Crippen molar-refractivity contribution in [1.29, 1.82) is 0 Å². The van der Waals surface area contributed by atoms with Gasteiger partial charge >= 0.3 is 0 Å². The van der Waals surface area contributed by atoms with Gasteiger partial charge in [0.2, 0.25) is 0 Å². The van der Waals surface area contributed by atoms with Crippen molar-refractivity contribution in [3.05, 3.63) is 22.6 Å². The maximum atomic E-state index is 6.16. The normalized spacial score (nSPS) is 11.5. The maximum Gasteiger partial charge on any atom is 0.176 e. The standard InChI is InChI=1S/C13H21N5/c1-7(2)17-13(12(14)10(5)16-17)18-11(6)8(3)9(4)15-18/h7H,14H2,1-6H3. The van der Waals surface area contributed by atoms with Crippen LogP contribution in [-0.2, 0) is 0 Å². The lowest BCUT2D eigenvalue weighted by atomic mass is 10.2. The van der Waals surface area contributed by atoms with Crippen LogP contribution in [0.15, 0.2) is 0 Å². The summed E-state index contributed by atoms with van der Waals surface area (Å²) < 4.78 is 3.84. The molecular formula is C13H21N5. The molecule has 2 aromatic heterocycles. The Morgan fingerprint density at radius 2 is 1.61 bits per heavy atom. The van der Waals surface area contributed by atoms with E-state index in [0.29, 0.717) is 5.69 Å². The van der Waals surface area contributed by atoms with Gasteiger partial charge in [0, 0.05) is 11.7 Å². The first-order valence-electron chi connectivity index (χ1n) is 6.22. The molecule has 0 aliphatic heterocycles. The zero-order valence-corrected chi connectivity index (χ0v) is 11.9. The first-order valence-corrected chi connectivity index (χ1v) is 6.22. The third-order valence-electron chi connectivity index (χ3n) is 3.45. The highest BCUT2D eigenvalue weighted by atomic mass is 15.4. The van der Waals surface area contributed by atoms with Crippen LogP contribution in [0.2, 0.25) is 0 Å². The van der Waals surface area contributed by atoms with E-state index in [1.165, 1.54) is 5.56 Å². The predicted octanol–water partition coefficient (Wildman–Crippen LogP) is 2.47. The van der Waals surface area contributed by atoms with Gasteiger partial charge in [-0.2, -0.15) is 10.2 Å². The quantitative estimate of drug-likeness (QED) is 0.886. The van der Waals surface area contributed by atoms with Crippen LogP contribution in [0, 0.1) is 27.7 Å². The first kappa shape index (κ1) is 12.7. The largest absolute Gasteiger partial charge is 0.394 e. The summed E-state index contributed by atoms with van der Waals surface area (Å²) in [5, 5.41) is 9.07. The molecule has 2 rings (SSSR count). The topological polar surface area (TPSA) is 61.7 Å². The van der Waals surface area contributed by atoms with Gasteiger partial charge in [0.25, 0.3) is 0 Å². The van der Waals surface area contributed by atoms with Gasteiger partial charge in [0.1, 0.15) is 0 Å². The molecule has 0 spiro atoms. The van der Waals surface area contributed by atoms with Crippen molar-refractivity contribution in [3.63, 3.8) is 0 Å². The summed E-state index contributed by atoms with van der Waals surface area (Å²) in [7, 11) is 0. The molecule has 5 heteroatoms. The van der Waals surface area contributed by atoms with E-state index in [2.05, 4.69) is 37.9 Å². The van der Waals surface area contributed by atoms with Gasteiger partial charge in [-0.25, -0.2) is 9.36 Å². The number of nitrogens with two attached hydrogens (primary N) is 1. The van der Waals surface area contributed by atoms with E-state index >= 15 is 0 Å². The van der Waals surface area contributed by atoms with Crippen LogP contribution in [0.25, 0.3) is 5.82 Å². The molecule has 0 aliphatic carbocycles. The Labute approximate surface area is 108 Å². The summed E-state index contributed by atoms with van der Waals surface area (Å²) in [4.78, 5) is 0. The molecule has 0 saturated carbocycles. The Bertz CT molecular complexity index is 589. The number of anilines is 1. The van der Waals surface area contributed by atoms with Gasteiger partial charge in [0.15, 0.2) is 5.82 Å². The van der Waals surface area contributed by atoms with Gasteiger partial charge in [-0.1, -0.05) is 0 Å². The first-order chi connectivity index (χ1) is 8.34. The van der Waals surface area contributed by atoms with Gasteiger partial charge < -0.3 is 5.73 Å². The molecule has 2 aromatic rings. The van der Waals surface area contributed by atoms with Crippen LogP contribution in [0.4, 0.5) is 5.69 Å². The second kappa shape index (κ2) is 4.15. The highest BCUT2D eigenvalue weighted by Gasteiger charge is 2.20. The molecule has 0 amide bonds. The third-order valence-corrected chi connectivity index (χ3v) is 3.45. The van der Waals surface area contributed by atoms with Crippen LogP contribution < -0.4 is 5.73 Å². The lowest BCUT2D eigenvalue weighted by Gasteiger charge is -2.12. The highest BCUT2D eigenvalue weighted by Crippen LogP contribution is 2.26. The second-order valence-electron chi connectivity index (χ2n) is 5.07. The van der Waals surface area contributed by atoms with E-state index in [-0.39, 0.29) is 6.04 Å². The number of hydrogen-bond donors (Lipinski definition) is 1. The van der Waals surface area contributed by atoms with E-state index < -0.39 is 0 Å². The van der Waals surface area contributed by atoms with Crippen LogP contribution >= 0.6 is 0 Å². The maximum absolute atomic E-state index is 6.16. The Morgan fingerprint density at radius 3 is 2.06 bits per heavy atom. The SMILES string of the molecule is Cc1nn(-c2c(N)c(C)nn2C(C)C)c(C)c1C. The van der Waals surface area contributed by atoms with Crippen LogP contribution in [0.5, 0.6) is 0 Å². The predicted molar refractivity (Wildman–Crippen MR) is 73.1 cm³/mol. The van der Waals surface area contributed by atoms with Crippen molar-refractivity contribution in [2.24, 2.45) is 0 Å². The monoisotopic (exact) mass is 247 g/mol. The van der Waals surface area contributed by atoms with E-state index in [1.54, 1.807) is 0 Å². The Morgan fingerprint density at radius 1 is 1.00 bits per heavy atom. The van der Waals surface area contributed by atoms with Crippen molar-refractivity contribution in [2.75, 3.05) is 5.73 Å². The fourth-order valence-corrected chi connectivity index (χ4v) is 2.05. The summed E-state index contributed by atoms with van der Waals surface area (Å²) in [6.45, 7) is 12.3. The molecule has 98 valence electrons. The number of rotatable bonds is 2. The molecular weight excluding hydrogens is 226 g/mol. The van der Waals surface area contributed by atoms with Crippen molar-refractivity contribution in [1.82, 2.24) is 19.6 Å². The third kappa shape index (κ3) is 1.70. The molecule has 0 atom stereocenters. The molecule has 0 unspecified atom stereocenters. The minimum Gasteiger partial charge on any atom is -0.394 e. The lowest BCUT2D eigenvalue weighted by Crippen LogP contribution is -2.13. The molecule has 2 heterocycles. The smallest absolute Gasteiger partial charge is 0.176 e. The average molecular weight is 247 g/mol. The van der Waals surface area contributed by atoms with Gasteiger partial charge in [-0.05, 0) is 47.1 Å². The summed E-state index contributed by atoms with van der Waals surface area (Å²) in [6.07, 6.45) is 0. The second-order valence-corrected chi connectivity index (χ2v) is 5.07. The number of nitrogens with zero attached hydrogens (tertiary/aromatic N) is 4. The molecule has 0 bridgehead atoms. The molecule has 0 saturated heterocycles. The molecule has 5 nitrogen and oxygen atoms in total. The number of aryl methyl sites for hydroxylation is 2. The molecule has 0 aliphatic rings. The van der Waals surface area contributed by atoms with E-state index in [1.807, 2.05) is 23.2 Å². The molecule has 18 heavy (non-hydrogen) atoms. The van der Waals surface area contributed by atoms with Gasteiger partial charge in [-0.3, -0.25) is 0 Å². The highest BCUT2D eigenvalue weighted by molar-refractivity contribution is 5.58. The van der Waals surface area contributed by atoms with Crippen LogP contribution in [-0.4, -0.2) is 19.6 Å². The fraction of sp³-hybridized carbons (Fsp3) is 0.538. The zero-order valence-electron chi connectivity index (χ0n) is 11.9. The van der Waals surface area contributed by atoms with Crippen LogP contribution in [0.3, 0.4) is 0 Å². The Hall–Kier alpha value is -1.78. The molecule has 0 radical (unpaired) electrons. The van der Waals surface area contributed by atoms with Crippen molar-refractivity contribution in [2.45, 2.75) is 47.6 Å². The molecule has 2 N–H and O–H groups in total. The van der Waals surface area contributed by atoms with E-state index in [4.69, 9.17) is 5.73 Å². The summed E-state index contributed by atoms with van der Waals surface area (Å²) >= 11 is 0. The average Bonchev–Trinajstić information content (AvgIpc) is 2.72. The van der Waals surface area contributed by atoms with Crippen molar-refractivity contribution < 1.29 is 0 Å². The number of hydrogen-bond acceptors (Lipinski definition) is 3. The number of aromatic nitrogens is 4. The molecule has 0 fully saturated rings. The van der Waals surface area contributed by atoms with Gasteiger partial charge in [0.05, 0.1) is 17.1 Å². The zero-order chi connectivity index (χ0) is 13.6. The summed E-state index contributed by atoms with van der Waals surface area (Å²) in [6, 6.07) is 0.250. The number of nitrogen functional groups attached to an aromatic ring is 1. The minimum atomic E-state index is 0.250. The van der Waals surface area contributed by atoms with E-state index in [9.17, 15) is 0 Å². The van der Waals surface area contributed by atoms with Crippen molar-refractivity contribution >= 4 is 5.69 Å². The minimum absolute atomic E-state index is 0.250. The summed E-state index contributed by atoms with van der Waals surface area (Å²) in [5.74, 6) is 0.871. The van der Waals surface area contributed by atoms with Gasteiger partial charge in [-0.15, -0.1) is 0 Å². The van der Waals surface area contributed by atoms with Crippen molar-refractivity contribution in [3.8, 4) is 5.82 Å². The Kier molecular flexibility index (Phi) is 2.92. The Balaban J connectivity index is 2.74. The fourth-order valence-electron chi connectivity index (χ4n) is 2.05.